The first-order valence-electron chi connectivity index (χ1n) is 4.89. The zero-order valence-electron chi connectivity index (χ0n) is 8.66. The number of nitrogens with two attached hydrogens (primary N) is 2. The summed E-state index contributed by atoms with van der Waals surface area (Å²) in [5, 5.41) is 17.7. The van der Waals surface area contributed by atoms with Crippen molar-refractivity contribution in [3.05, 3.63) is 0 Å². The van der Waals surface area contributed by atoms with Gasteiger partial charge in [0.25, 0.3) is 0 Å². The average Bonchev–Trinajstić information content (AvgIpc) is 2.08. The average molecular weight is 411 g/mol. The van der Waals surface area contributed by atoms with Crippen molar-refractivity contribution in [2.75, 3.05) is 0 Å². The number of aliphatic carboxylic acids is 2. The molecule has 0 aromatic heterocycles. The molecule has 0 amide bonds. The van der Waals surface area contributed by atoms with E-state index in [0.29, 0.717) is 12.8 Å². The molecule has 0 aliphatic heterocycles. The van der Waals surface area contributed by atoms with Crippen LogP contribution in [0.4, 0.5) is 0 Å². The molecular weight excluding hydrogens is 395 g/mol. The second kappa shape index (κ2) is 5.75. The zero-order chi connectivity index (χ0) is 11.6. The van der Waals surface area contributed by atoms with Gasteiger partial charge in [-0.05, 0) is 12.8 Å². The van der Waals surface area contributed by atoms with Crippen molar-refractivity contribution < 1.29 is 40.9 Å². The fourth-order valence-corrected chi connectivity index (χ4v) is 2.17. The molecule has 0 heterocycles. The molecule has 16 heavy (non-hydrogen) atoms. The summed E-state index contributed by atoms with van der Waals surface area (Å²) in [6.45, 7) is 0. The van der Waals surface area contributed by atoms with E-state index in [1.165, 1.54) is 0 Å². The van der Waals surface area contributed by atoms with Crippen LogP contribution in [0, 0.1) is 5.92 Å². The molecule has 1 aliphatic carbocycles. The van der Waals surface area contributed by atoms with Gasteiger partial charge in [0, 0.05) is 27.1 Å². The monoisotopic (exact) mass is 411 g/mol. The minimum Gasteiger partial charge on any atom is -0.481 e. The maximum atomic E-state index is 10.9. The standard InChI is InChI=1S/C9H16N2O4.Pt/c10-5-3-1-2-4-9(5,11)6(7(12)13)8(14)15;/h5-6H,1-4,10-11H2,(H,12,13)(H,14,15);. The molecule has 1 saturated carbocycles. The topological polar surface area (TPSA) is 127 Å². The Balaban J connectivity index is 0.00000225. The summed E-state index contributed by atoms with van der Waals surface area (Å²) >= 11 is 0. The van der Waals surface area contributed by atoms with Crippen LogP contribution in [0.25, 0.3) is 0 Å². The van der Waals surface area contributed by atoms with E-state index in [0.717, 1.165) is 12.8 Å². The molecule has 0 saturated heterocycles. The molecule has 6 N–H and O–H groups in total. The Morgan fingerprint density at radius 2 is 1.75 bits per heavy atom. The van der Waals surface area contributed by atoms with E-state index >= 15 is 0 Å². The predicted octanol–water partition coefficient (Wildman–Crippen LogP) is -0.632. The summed E-state index contributed by atoms with van der Waals surface area (Å²) in [7, 11) is 0. The van der Waals surface area contributed by atoms with Gasteiger partial charge in [-0.3, -0.25) is 9.59 Å². The van der Waals surface area contributed by atoms with Crippen molar-refractivity contribution in [2.24, 2.45) is 17.4 Å². The van der Waals surface area contributed by atoms with E-state index in [2.05, 4.69) is 0 Å². The van der Waals surface area contributed by atoms with Crippen molar-refractivity contribution >= 4 is 11.9 Å². The summed E-state index contributed by atoms with van der Waals surface area (Å²) in [6.07, 6.45) is 2.51. The predicted molar refractivity (Wildman–Crippen MR) is 52.1 cm³/mol. The van der Waals surface area contributed by atoms with Crippen molar-refractivity contribution in [3.8, 4) is 0 Å². The van der Waals surface area contributed by atoms with Crippen molar-refractivity contribution in [2.45, 2.75) is 37.3 Å². The van der Waals surface area contributed by atoms with E-state index in [1.54, 1.807) is 0 Å². The van der Waals surface area contributed by atoms with Gasteiger partial charge in [0.15, 0.2) is 5.92 Å². The second-order valence-electron chi connectivity index (χ2n) is 4.07. The molecule has 0 radical (unpaired) electrons. The number of hydrogen-bond acceptors (Lipinski definition) is 4. The SMILES string of the molecule is NC1CCCCC1(N)C(C(=O)O)C(=O)O.[Pt]. The van der Waals surface area contributed by atoms with Crippen molar-refractivity contribution in [1.29, 1.82) is 0 Å². The van der Waals surface area contributed by atoms with Crippen LogP contribution in [-0.2, 0) is 30.7 Å². The first-order valence-corrected chi connectivity index (χ1v) is 4.89. The number of rotatable bonds is 3. The molecule has 1 aliphatic rings. The molecule has 0 aromatic rings. The van der Waals surface area contributed by atoms with Crippen LogP contribution >= 0.6 is 0 Å². The minimum absolute atomic E-state index is 0. The van der Waals surface area contributed by atoms with Gasteiger partial charge in [-0.1, -0.05) is 12.8 Å². The normalized spacial score (nSPS) is 29.6. The number of carbonyl (C=O) groups is 2. The molecule has 1 rings (SSSR count). The molecule has 96 valence electrons. The van der Waals surface area contributed by atoms with E-state index in [4.69, 9.17) is 21.7 Å². The van der Waals surface area contributed by atoms with E-state index in [9.17, 15) is 9.59 Å². The van der Waals surface area contributed by atoms with Crippen LogP contribution < -0.4 is 11.5 Å². The summed E-state index contributed by atoms with van der Waals surface area (Å²) in [5.41, 5.74) is 10.3. The molecule has 1 fully saturated rings. The number of hydrogen-bond donors (Lipinski definition) is 4. The Kier molecular flexibility index (Phi) is 5.59. The van der Waals surface area contributed by atoms with Crippen LogP contribution in [0.2, 0.25) is 0 Å². The molecule has 7 heteroatoms. The maximum absolute atomic E-state index is 10.9. The fraction of sp³-hybridized carbons (Fsp3) is 0.778. The Hall–Kier alpha value is -0.452. The third kappa shape index (κ3) is 2.81. The quantitative estimate of drug-likeness (QED) is 0.458. The number of carboxylic acids is 2. The van der Waals surface area contributed by atoms with Crippen molar-refractivity contribution in [1.82, 2.24) is 0 Å². The van der Waals surface area contributed by atoms with Crippen molar-refractivity contribution in [3.63, 3.8) is 0 Å². The summed E-state index contributed by atoms with van der Waals surface area (Å²) in [6, 6.07) is -0.566. The van der Waals surface area contributed by atoms with E-state index in [1.807, 2.05) is 0 Å². The third-order valence-electron chi connectivity index (χ3n) is 3.10. The first kappa shape index (κ1) is 15.5. The van der Waals surface area contributed by atoms with Crippen LogP contribution in [0.1, 0.15) is 25.7 Å². The first-order chi connectivity index (χ1) is 6.89. The van der Waals surface area contributed by atoms with E-state index in [-0.39, 0.29) is 21.1 Å². The van der Waals surface area contributed by atoms with Gasteiger partial charge in [-0.2, -0.15) is 0 Å². The van der Waals surface area contributed by atoms with Crippen LogP contribution in [0.3, 0.4) is 0 Å². The fourth-order valence-electron chi connectivity index (χ4n) is 2.17. The van der Waals surface area contributed by atoms with Crippen LogP contribution in [0.5, 0.6) is 0 Å². The molecule has 0 aromatic carbocycles. The Morgan fingerprint density at radius 1 is 1.25 bits per heavy atom. The van der Waals surface area contributed by atoms with E-state index < -0.39 is 29.4 Å². The second-order valence-corrected chi connectivity index (χ2v) is 4.07. The maximum Gasteiger partial charge on any atom is 0.319 e. The Labute approximate surface area is 108 Å². The van der Waals surface area contributed by atoms with Gasteiger partial charge >= 0.3 is 11.9 Å². The van der Waals surface area contributed by atoms with Crippen LogP contribution in [0.15, 0.2) is 0 Å². The molecule has 6 nitrogen and oxygen atoms in total. The molecule has 0 bridgehead atoms. The molecule has 2 atom stereocenters. The largest absolute Gasteiger partial charge is 0.481 e. The van der Waals surface area contributed by atoms with Gasteiger partial charge in [0.1, 0.15) is 0 Å². The molecule has 2 unspecified atom stereocenters. The molecular formula is C9H16N2O4Pt. The molecule has 0 spiro atoms. The smallest absolute Gasteiger partial charge is 0.319 e. The van der Waals surface area contributed by atoms with Gasteiger partial charge in [-0.15, -0.1) is 0 Å². The minimum atomic E-state index is -1.62. The van der Waals surface area contributed by atoms with Gasteiger partial charge < -0.3 is 21.7 Å². The Bertz CT molecular complexity index is 273. The summed E-state index contributed by atoms with van der Waals surface area (Å²) in [5.74, 6) is -4.45. The Morgan fingerprint density at radius 3 is 2.12 bits per heavy atom. The summed E-state index contributed by atoms with van der Waals surface area (Å²) < 4.78 is 0. The van der Waals surface area contributed by atoms with Gasteiger partial charge in [-0.25, -0.2) is 0 Å². The third-order valence-corrected chi connectivity index (χ3v) is 3.10. The van der Waals surface area contributed by atoms with Crippen LogP contribution in [-0.4, -0.2) is 33.7 Å². The van der Waals surface area contributed by atoms with Gasteiger partial charge in [0.2, 0.25) is 0 Å². The number of carboxylic acid groups (broad SMARTS) is 2. The zero-order valence-corrected chi connectivity index (χ0v) is 10.9. The van der Waals surface area contributed by atoms with Gasteiger partial charge in [0.05, 0.1) is 5.54 Å². The summed E-state index contributed by atoms with van der Waals surface area (Å²) in [4.78, 5) is 21.7.